The lowest BCUT2D eigenvalue weighted by Gasteiger charge is -2.38. The molecule has 3 fully saturated rings. The molecule has 1 atom stereocenters. The Bertz CT molecular complexity index is 368. The average Bonchev–Trinajstić information content (AvgIpc) is 2.91. The number of hydrogen-bond donors (Lipinski definition) is 1. The lowest BCUT2D eigenvalue weighted by atomic mass is 10.1. The van der Waals surface area contributed by atoms with Gasteiger partial charge in [-0.2, -0.15) is 12.6 Å². The molecule has 0 aromatic carbocycles. The van der Waals surface area contributed by atoms with Gasteiger partial charge in [-0.1, -0.05) is 0 Å². The second-order valence-electron chi connectivity index (χ2n) is 5.60. The molecule has 0 radical (unpaired) electrons. The summed E-state index contributed by atoms with van der Waals surface area (Å²) in [4.78, 5) is 27.8. The predicted molar refractivity (Wildman–Crippen MR) is 66.8 cm³/mol. The van der Waals surface area contributed by atoms with Crippen LogP contribution in [0, 0.1) is 5.41 Å². The number of piperazine rings is 1. The van der Waals surface area contributed by atoms with Gasteiger partial charge in [0.1, 0.15) is 6.04 Å². The molecule has 0 aromatic heterocycles. The van der Waals surface area contributed by atoms with Crippen molar-refractivity contribution in [1.29, 1.82) is 0 Å². The SMILES string of the molecule is O=C1C2CCCN2C(=O)CN1CC1(CS)CC1. The number of nitrogens with zero attached hydrogens (tertiary/aromatic N) is 2. The first-order chi connectivity index (χ1) is 8.15. The van der Waals surface area contributed by atoms with E-state index in [-0.39, 0.29) is 29.8 Å². The molecule has 1 aliphatic carbocycles. The molecule has 3 aliphatic rings. The molecule has 1 saturated carbocycles. The second-order valence-corrected chi connectivity index (χ2v) is 5.91. The molecule has 0 N–H and O–H groups in total. The van der Waals surface area contributed by atoms with Crippen LogP contribution in [0.2, 0.25) is 0 Å². The molecule has 2 amide bonds. The Hall–Kier alpha value is -0.710. The highest BCUT2D eigenvalue weighted by molar-refractivity contribution is 7.80. The summed E-state index contributed by atoms with van der Waals surface area (Å²) in [6.45, 7) is 1.77. The molecule has 2 heterocycles. The Balaban J connectivity index is 1.73. The zero-order valence-corrected chi connectivity index (χ0v) is 10.8. The van der Waals surface area contributed by atoms with Crippen LogP contribution in [0.4, 0.5) is 0 Å². The van der Waals surface area contributed by atoms with Crippen LogP contribution in [0.3, 0.4) is 0 Å². The summed E-state index contributed by atoms with van der Waals surface area (Å²) in [6, 6.07) is -0.160. The van der Waals surface area contributed by atoms with E-state index < -0.39 is 0 Å². The summed E-state index contributed by atoms with van der Waals surface area (Å²) in [5.41, 5.74) is 0.208. The molecular formula is C12H18N2O2S. The molecular weight excluding hydrogens is 236 g/mol. The maximum Gasteiger partial charge on any atom is 0.245 e. The summed E-state index contributed by atoms with van der Waals surface area (Å²) < 4.78 is 0. The molecule has 17 heavy (non-hydrogen) atoms. The number of rotatable bonds is 3. The normalized spacial score (nSPS) is 30.8. The monoisotopic (exact) mass is 254 g/mol. The van der Waals surface area contributed by atoms with Crippen LogP contribution >= 0.6 is 12.6 Å². The van der Waals surface area contributed by atoms with Crippen LogP contribution in [-0.4, -0.2) is 53.0 Å². The number of hydrogen-bond acceptors (Lipinski definition) is 3. The largest absolute Gasteiger partial charge is 0.331 e. The standard InChI is InChI=1S/C12H18N2O2S/c15-10-6-13(7-12(8-17)3-4-12)11(16)9-2-1-5-14(9)10/h9,17H,1-8H2. The third-order valence-electron chi connectivity index (χ3n) is 4.31. The van der Waals surface area contributed by atoms with Crippen molar-refractivity contribution in [2.75, 3.05) is 25.4 Å². The lowest BCUT2D eigenvalue weighted by molar-refractivity contribution is -0.154. The van der Waals surface area contributed by atoms with Gasteiger partial charge >= 0.3 is 0 Å². The summed E-state index contributed by atoms with van der Waals surface area (Å²) >= 11 is 4.36. The number of amides is 2. The molecule has 94 valence electrons. The van der Waals surface area contributed by atoms with Gasteiger partial charge in [0, 0.05) is 13.1 Å². The molecule has 2 aliphatic heterocycles. The number of thiol groups is 1. The maximum absolute atomic E-state index is 12.3. The van der Waals surface area contributed by atoms with E-state index >= 15 is 0 Å². The quantitative estimate of drug-likeness (QED) is 0.746. The van der Waals surface area contributed by atoms with Crippen molar-refractivity contribution in [2.24, 2.45) is 5.41 Å². The van der Waals surface area contributed by atoms with Gasteiger partial charge in [-0.05, 0) is 36.9 Å². The van der Waals surface area contributed by atoms with E-state index in [1.54, 1.807) is 9.80 Å². The Labute approximate surface area is 107 Å². The van der Waals surface area contributed by atoms with Crippen LogP contribution in [0.15, 0.2) is 0 Å². The van der Waals surface area contributed by atoms with Crippen molar-refractivity contribution < 1.29 is 9.59 Å². The highest BCUT2D eigenvalue weighted by atomic mass is 32.1. The molecule has 4 nitrogen and oxygen atoms in total. The molecule has 5 heteroatoms. The van der Waals surface area contributed by atoms with Crippen LogP contribution in [0.1, 0.15) is 25.7 Å². The van der Waals surface area contributed by atoms with Crippen LogP contribution in [0.5, 0.6) is 0 Å². The first-order valence-electron chi connectivity index (χ1n) is 6.34. The predicted octanol–water partition coefficient (Wildman–Crippen LogP) is 0.530. The first kappa shape index (κ1) is 11.4. The highest BCUT2D eigenvalue weighted by Gasteiger charge is 2.48. The summed E-state index contributed by atoms with van der Waals surface area (Å²) in [6.07, 6.45) is 4.09. The minimum atomic E-state index is -0.160. The van der Waals surface area contributed by atoms with Gasteiger partial charge in [0.2, 0.25) is 11.8 Å². The van der Waals surface area contributed by atoms with Crippen molar-refractivity contribution in [3.63, 3.8) is 0 Å². The van der Waals surface area contributed by atoms with E-state index in [9.17, 15) is 9.59 Å². The molecule has 0 bridgehead atoms. The fraction of sp³-hybridized carbons (Fsp3) is 0.833. The number of fused-ring (bicyclic) bond motifs is 1. The van der Waals surface area contributed by atoms with Crippen LogP contribution in [-0.2, 0) is 9.59 Å². The Morgan fingerprint density at radius 3 is 2.76 bits per heavy atom. The van der Waals surface area contributed by atoms with Gasteiger partial charge in [0.05, 0.1) is 6.54 Å². The van der Waals surface area contributed by atoms with Crippen LogP contribution < -0.4 is 0 Å². The van der Waals surface area contributed by atoms with E-state index in [0.717, 1.165) is 44.5 Å². The Kier molecular flexibility index (Phi) is 2.61. The fourth-order valence-corrected chi connectivity index (χ4v) is 3.36. The van der Waals surface area contributed by atoms with Crippen molar-refractivity contribution in [3.8, 4) is 0 Å². The molecule has 3 rings (SSSR count). The first-order valence-corrected chi connectivity index (χ1v) is 6.98. The minimum Gasteiger partial charge on any atom is -0.331 e. The zero-order chi connectivity index (χ0) is 12.0. The number of carbonyl (C=O) groups excluding carboxylic acids is 2. The maximum atomic E-state index is 12.3. The van der Waals surface area contributed by atoms with E-state index in [1.165, 1.54) is 0 Å². The van der Waals surface area contributed by atoms with Crippen LogP contribution in [0.25, 0.3) is 0 Å². The van der Waals surface area contributed by atoms with Gasteiger partial charge in [-0.15, -0.1) is 0 Å². The molecule has 1 unspecified atom stereocenters. The minimum absolute atomic E-state index is 0.127. The topological polar surface area (TPSA) is 40.6 Å². The van der Waals surface area contributed by atoms with Gasteiger partial charge in [0.25, 0.3) is 0 Å². The highest BCUT2D eigenvalue weighted by Crippen LogP contribution is 2.47. The second kappa shape index (κ2) is 3.90. The Morgan fingerprint density at radius 2 is 2.12 bits per heavy atom. The van der Waals surface area contributed by atoms with Crippen molar-refractivity contribution in [1.82, 2.24) is 9.80 Å². The molecule has 0 spiro atoms. The average molecular weight is 254 g/mol. The van der Waals surface area contributed by atoms with E-state index in [2.05, 4.69) is 12.6 Å². The molecule has 2 saturated heterocycles. The molecule has 0 aromatic rings. The smallest absolute Gasteiger partial charge is 0.245 e. The van der Waals surface area contributed by atoms with E-state index in [1.807, 2.05) is 0 Å². The number of carbonyl (C=O) groups is 2. The summed E-state index contributed by atoms with van der Waals surface area (Å²) in [5, 5.41) is 0. The van der Waals surface area contributed by atoms with Crippen molar-refractivity contribution in [2.45, 2.75) is 31.7 Å². The van der Waals surface area contributed by atoms with Crippen molar-refractivity contribution >= 4 is 24.4 Å². The van der Waals surface area contributed by atoms with Gasteiger partial charge < -0.3 is 9.80 Å². The van der Waals surface area contributed by atoms with E-state index in [0.29, 0.717) is 0 Å². The summed E-state index contributed by atoms with van der Waals surface area (Å²) in [7, 11) is 0. The van der Waals surface area contributed by atoms with Gasteiger partial charge in [0.15, 0.2) is 0 Å². The van der Waals surface area contributed by atoms with Gasteiger partial charge in [-0.3, -0.25) is 9.59 Å². The Morgan fingerprint density at radius 1 is 1.35 bits per heavy atom. The summed E-state index contributed by atoms with van der Waals surface area (Å²) in [5.74, 6) is 1.11. The third kappa shape index (κ3) is 1.84. The van der Waals surface area contributed by atoms with Crippen molar-refractivity contribution in [3.05, 3.63) is 0 Å². The fourth-order valence-electron chi connectivity index (χ4n) is 2.95. The van der Waals surface area contributed by atoms with Gasteiger partial charge in [-0.25, -0.2) is 0 Å². The lowest BCUT2D eigenvalue weighted by Crippen LogP contribution is -2.58. The van der Waals surface area contributed by atoms with E-state index in [4.69, 9.17) is 0 Å². The third-order valence-corrected chi connectivity index (χ3v) is 4.99. The zero-order valence-electron chi connectivity index (χ0n) is 9.89.